The third-order valence-electron chi connectivity index (χ3n) is 2.48. The molecule has 0 aliphatic carbocycles. The van der Waals surface area contributed by atoms with E-state index in [1.165, 1.54) is 0 Å². The first-order valence-electron chi connectivity index (χ1n) is 5.94. The maximum atomic E-state index is 9.00. The molecular weight excluding hydrogens is 218 g/mol. The first-order valence-corrected chi connectivity index (χ1v) is 5.94. The highest BCUT2D eigenvalue weighted by molar-refractivity contribution is 5.32. The number of nitrogens with one attached hydrogen (secondary N) is 1. The third-order valence-corrected chi connectivity index (χ3v) is 2.48. The van der Waals surface area contributed by atoms with Crippen LogP contribution in [0.25, 0.3) is 0 Å². The Bertz CT molecular complexity index is 313. The average Bonchev–Trinajstić information content (AvgIpc) is 2.36. The van der Waals surface area contributed by atoms with E-state index < -0.39 is 0 Å². The Labute approximate surface area is 103 Å². The molecule has 0 radical (unpaired) electrons. The van der Waals surface area contributed by atoms with Gasteiger partial charge in [0.05, 0.1) is 19.8 Å². The molecule has 2 N–H and O–H groups in total. The molecule has 1 atom stereocenters. The van der Waals surface area contributed by atoms with E-state index in [4.69, 9.17) is 14.6 Å². The second-order valence-corrected chi connectivity index (χ2v) is 3.71. The van der Waals surface area contributed by atoms with Gasteiger partial charge in [0.2, 0.25) is 0 Å². The van der Waals surface area contributed by atoms with Crippen molar-refractivity contribution in [2.75, 3.05) is 26.9 Å². The molecule has 17 heavy (non-hydrogen) atoms. The number of aliphatic hydroxyl groups excluding tert-OH is 1. The minimum atomic E-state index is 0.0880. The Kier molecular flexibility index (Phi) is 6.43. The van der Waals surface area contributed by atoms with Gasteiger partial charge in [-0.15, -0.1) is 0 Å². The number of likely N-dealkylation sites (N-methyl/N-ethyl adjacent to an activating group) is 1. The highest BCUT2D eigenvalue weighted by atomic mass is 16.5. The van der Waals surface area contributed by atoms with Crippen molar-refractivity contribution in [1.82, 2.24) is 5.32 Å². The molecule has 0 spiro atoms. The molecule has 1 aromatic carbocycles. The second-order valence-electron chi connectivity index (χ2n) is 3.71. The molecule has 0 saturated carbocycles. The van der Waals surface area contributed by atoms with Crippen molar-refractivity contribution in [2.45, 2.75) is 19.4 Å². The largest absolute Gasteiger partial charge is 0.494 e. The van der Waals surface area contributed by atoms with Crippen LogP contribution in [0.5, 0.6) is 11.5 Å². The Balaban J connectivity index is 2.38. The van der Waals surface area contributed by atoms with Crippen molar-refractivity contribution >= 4 is 0 Å². The zero-order valence-corrected chi connectivity index (χ0v) is 10.5. The van der Waals surface area contributed by atoms with E-state index in [0.717, 1.165) is 17.9 Å². The fourth-order valence-corrected chi connectivity index (χ4v) is 1.47. The SMILES string of the molecule is CCOc1cccc(OCCC(CO)NC)c1. The van der Waals surface area contributed by atoms with Crippen LogP contribution in [0.3, 0.4) is 0 Å². The van der Waals surface area contributed by atoms with Gasteiger partial charge in [-0.3, -0.25) is 0 Å². The molecule has 0 bridgehead atoms. The number of ether oxygens (including phenoxy) is 2. The summed E-state index contributed by atoms with van der Waals surface area (Å²) in [4.78, 5) is 0. The fourth-order valence-electron chi connectivity index (χ4n) is 1.47. The van der Waals surface area contributed by atoms with E-state index in [-0.39, 0.29) is 12.6 Å². The van der Waals surface area contributed by atoms with Gasteiger partial charge in [-0.05, 0) is 32.5 Å². The summed E-state index contributed by atoms with van der Waals surface area (Å²) >= 11 is 0. The molecule has 4 nitrogen and oxygen atoms in total. The van der Waals surface area contributed by atoms with E-state index in [9.17, 15) is 0 Å². The smallest absolute Gasteiger partial charge is 0.122 e. The van der Waals surface area contributed by atoms with Crippen LogP contribution in [-0.4, -0.2) is 38.0 Å². The van der Waals surface area contributed by atoms with Crippen LogP contribution >= 0.6 is 0 Å². The van der Waals surface area contributed by atoms with Gasteiger partial charge in [0.15, 0.2) is 0 Å². The van der Waals surface area contributed by atoms with E-state index >= 15 is 0 Å². The number of rotatable bonds is 8. The summed E-state index contributed by atoms with van der Waals surface area (Å²) in [6.45, 7) is 3.29. The topological polar surface area (TPSA) is 50.7 Å². The van der Waals surface area contributed by atoms with Crippen molar-refractivity contribution < 1.29 is 14.6 Å². The quantitative estimate of drug-likeness (QED) is 0.720. The lowest BCUT2D eigenvalue weighted by Gasteiger charge is -2.13. The summed E-state index contributed by atoms with van der Waals surface area (Å²) in [7, 11) is 1.83. The summed E-state index contributed by atoms with van der Waals surface area (Å²) in [5.41, 5.74) is 0. The summed E-state index contributed by atoms with van der Waals surface area (Å²) in [5, 5.41) is 12.0. The number of hydrogen-bond acceptors (Lipinski definition) is 4. The van der Waals surface area contributed by atoms with Gasteiger partial charge in [0, 0.05) is 12.1 Å². The van der Waals surface area contributed by atoms with E-state index in [1.54, 1.807) is 0 Å². The molecule has 0 aromatic heterocycles. The van der Waals surface area contributed by atoms with Gasteiger partial charge in [0.1, 0.15) is 11.5 Å². The summed E-state index contributed by atoms with van der Waals surface area (Å²) in [5.74, 6) is 1.61. The zero-order valence-electron chi connectivity index (χ0n) is 10.5. The molecule has 0 aliphatic heterocycles. The molecule has 96 valence electrons. The maximum Gasteiger partial charge on any atom is 0.122 e. The van der Waals surface area contributed by atoms with Crippen LogP contribution in [0.1, 0.15) is 13.3 Å². The Morgan fingerprint density at radius 2 is 2.00 bits per heavy atom. The molecule has 1 unspecified atom stereocenters. The Hall–Kier alpha value is -1.26. The van der Waals surface area contributed by atoms with Crippen molar-refractivity contribution in [3.63, 3.8) is 0 Å². The third kappa shape index (κ3) is 5.06. The van der Waals surface area contributed by atoms with Gasteiger partial charge in [-0.2, -0.15) is 0 Å². The standard InChI is InChI=1S/C13H21NO3/c1-3-16-12-5-4-6-13(9-12)17-8-7-11(10-15)14-2/h4-6,9,11,14-15H,3,7-8,10H2,1-2H3. The first kappa shape index (κ1) is 13.8. The van der Waals surface area contributed by atoms with Gasteiger partial charge in [-0.1, -0.05) is 6.07 Å². The lowest BCUT2D eigenvalue weighted by Crippen LogP contribution is -2.30. The number of aliphatic hydroxyl groups is 1. The van der Waals surface area contributed by atoms with Crippen molar-refractivity contribution in [2.24, 2.45) is 0 Å². The van der Waals surface area contributed by atoms with Crippen molar-refractivity contribution in [1.29, 1.82) is 0 Å². The minimum absolute atomic E-state index is 0.0880. The van der Waals surface area contributed by atoms with E-state index in [2.05, 4.69) is 5.32 Å². The van der Waals surface area contributed by atoms with Gasteiger partial charge in [0.25, 0.3) is 0 Å². The minimum Gasteiger partial charge on any atom is -0.494 e. The van der Waals surface area contributed by atoms with Crippen molar-refractivity contribution in [3.05, 3.63) is 24.3 Å². The molecule has 0 fully saturated rings. The normalized spacial score (nSPS) is 12.2. The first-order chi connectivity index (χ1) is 8.30. The van der Waals surface area contributed by atoms with Crippen LogP contribution in [0, 0.1) is 0 Å². The number of hydrogen-bond donors (Lipinski definition) is 2. The molecule has 0 heterocycles. The lowest BCUT2D eigenvalue weighted by molar-refractivity contribution is 0.214. The van der Waals surface area contributed by atoms with Gasteiger partial charge in [-0.25, -0.2) is 0 Å². The highest BCUT2D eigenvalue weighted by Crippen LogP contribution is 2.19. The molecule has 0 aliphatic rings. The van der Waals surface area contributed by atoms with Crippen LogP contribution in [0.2, 0.25) is 0 Å². The molecule has 0 saturated heterocycles. The molecule has 1 aromatic rings. The molecule has 4 heteroatoms. The zero-order chi connectivity index (χ0) is 12.5. The Morgan fingerprint density at radius 1 is 1.29 bits per heavy atom. The predicted molar refractivity (Wildman–Crippen MR) is 67.7 cm³/mol. The summed E-state index contributed by atoms with van der Waals surface area (Å²) < 4.78 is 11.0. The molecule has 0 amide bonds. The molecule has 1 rings (SSSR count). The summed E-state index contributed by atoms with van der Waals surface area (Å²) in [6.07, 6.45) is 0.770. The van der Waals surface area contributed by atoms with Crippen molar-refractivity contribution in [3.8, 4) is 11.5 Å². The highest BCUT2D eigenvalue weighted by Gasteiger charge is 2.04. The predicted octanol–water partition coefficient (Wildman–Crippen LogP) is 1.43. The van der Waals surface area contributed by atoms with Crippen LogP contribution in [0.15, 0.2) is 24.3 Å². The van der Waals surface area contributed by atoms with Crippen LogP contribution in [0.4, 0.5) is 0 Å². The second kappa shape index (κ2) is 7.92. The van der Waals surface area contributed by atoms with E-state index in [1.807, 2.05) is 38.2 Å². The maximum absolute atomic E-state index is 9.00. The average molecular weight is 239 g/mol. The summed E-state index contributed by atoms with van der Waals surface area (Å²) in [6, 6.07) is 7.67. The fraction of sp³-hybridized carbons (Fsp3) is 0.538. The molecular formula is C13H21NO3. The van der Waals surface area contributed by atoms with Crippen LogP contribution in [-0.2, 0) is 0 Å². The van der Waals surface area contributed by atoms with Gasteiger partial charge < -0.3 is 19.9 Å². The Morgan fingerprint density at radius 3 is 2.59 bits per heavy atom. The number of benzene rings is 1. The van der Waals surface area contributed by atoms with E-state index in [0.29, 0.717) is 13.2 Å². The van der Waals surface area contributed by atoms with Crippen LogP contribution < -0.4 is 14.8 Å². The van der Waals surface area contributed by atoms with Gasteiger partial charge >= 0.3 is 0 Å². The monoisotopic (exact) mass is 239 g/mol. The lowest BCUT2D eigenvalue weighted by atomic mass is 10.2.